The summed E-state index contributed by atoms with van der Waals surface area (Å²) in [6.07, 6.45) is 1.78. The molecule has 3 heterocycles. The Labute approximate surface area is 133 Å². The lowest BCUT2D eigenvalue weighted by atomic mass is 10.1. The molecular weight excluding hydrogens is 280 g/mol. The van der Waals surface area contributed by atoms with Crippen molar-refractivity contribution in [2.75, 3.05) is 66.5 Å². The Morgan fingerprint density at radius 1 is 1.32 bits per heavy atom. The number of carbonyl (C=O) groups excluding carboxylic acids is 1. The van der Waals surface area contributed by atoms with E-state index < -0.39 is 0 Å². The maximum atomic E-state index is 11.7. The molecule has 1 amide bonds. The van der Waals surface area contributed by atoms with Crippen LogP contribution in [0.2, 0.25) is 0 Å². The predicted octanol–water partition coefficient (Wildman–Crippen LogP) is -1.20. The topological polar surface area (TPSA) is 63.2 Å². The van der Waals surface area contributed by atoms with E-state index in [2.05, 4.69) is 32.0 Å². The zero-order valence-electron chi connectivity index (χ0n) is 13.7. The summed E-state index contributed by atoms with van der Waals surface area (Å²) in [4.78, 5) is 22.6. The van der Waals surface area contributed by atoms with E-state index in [-0.39, 0.29) is 12.5 Å². The van der Waals surface area contributed by atoms with Gasteiger partial charge in [0.05, 0.1) is 0 Å². The molecule has 3 fully saturated rings. The SMILES string of the molecule is C=CCNC(=NCC(=O)N(C)C)NCC1CN2CCN1CC2. The van der Waals surface area contributed by atoms with Gasteiger partial charge in [-0.25, -0.2) is 4.99 Å². The number of carbonyl (C=O) groups is 1. The van der Waals surface area contributed by atoms with Gasteiger partial charge < -0.3 is 15.5 Å². The number of piperazine rings is 3. The molecule has 3 aliphatic rings. The molecule has 7 heteroatoms. The molecule has 7 nitrogen and oxygen atoms in total. The van der Waals surface area contributed by atoms with Crippen molar-refractivity contribution in [1.29, 1.82) is 0 Å². The van der Waals surface area contributed by atoms with Crippen LogP contribution >= 0.6 is 0 Å². The first-order valence-corrected chi connectivity index (χ1v) is 7.89. The van der Waals surface area contributed by atoms with E-state index in [1.807, 2.05) is 0 Å². The number of rotatable bonds is 6. The third kappa shape index (κ3) is 4.71. The summed E-state index contributed by atoms with van der Waals surface area (Å²) in [7, 11) is 3.48. The quantitative estimate of drug-likeness (QED) is 0.366. The number of guanidine groups is 1. The minimum atomic E-state index is -0.00807. The molecule has 2 bridgehead atoms. The molecule has 3 saturated heterocycles. The first-order chi connectivity index (χ1) is 10.6. The molecule has 0 saturated carbocycles. The van der Waals surface area contributed by atoms with Crippen molar-refractivity contribution in [3.8, 4) is 0 Å². The number of fused-ring (bicyclic) bond motifs is 3. The minimum absolute atomic E-state index is 0.00807. The minimum Gasteiger partial charge on any atom is -0.355 e. The van der Waals surface area contributed by atoms with Gasteiger partial charge in [-0.3, -0.25) is 14.6 Å². The largest absolute Gasteiger partial charge is 0.355 e. The number of nitrogens with one attached hydrogen (secondary N) is 2. The average molecular weight is 308 g/mol. The smallest absolute Gasteiger partial charge is 0.243 e. The second-order valence-corrected chi connectivity index (χ2v) is 5.99. The number of likely N-dealkylation sites (N-methyl/N-ethyl adjacent to an activating group) is 1. The third-order valence-corrected chi connectivity index (χ3v) is 4.18. The van der Waals surface area contributed by atoms with Crippen LogP contribution in [0.4, 0.5) is 0 Å². The standard InChI is InChI=1S/C15H28N6O/c1-4-5-16-15(18-11-14(22)19(2)3)17-10-13-12-20-6-8-21(13)9-7-20/h4,13H,1,5-12H2,2-3H3,(H2,16,17,18). The Hall–Kier alpha value is -1.60. The summed E-state index contributed by atoms with van der Waals surface area (Å²) in [5.41, 5.74) is 0. The lowest BCUT2D eigenvalue weighted by Gasteiger charge is -2.47. The molecule has 1 unspecified atom stereocenters. The summed E-state index contributed by atoms with van der Waals surface area (Å²) in [6.45, 7) is 11.1. The van der Waals surface area contributed by atoms with Gasteiger partial charge in [-0.2, -0.15) is 0 Å². The van der Waals surface area contributed by atoms with Crippen molar-refractivity contribution in [3.05, 3.63) is 12.7 Å². The van der Waals surface area contributed by atoms with E-state index in [1.54, 1.807) is 25.1 Å². The molecule has 3 aliphatic heterocycles. The monoisotopic (exact) mass is 308 g/mol. The lowest BCUT2D eigenvalue weighted by Crippen LogP contribution is -2.63. The van der Waals surface area contributed by atoms with E-state index in [4.69, 9.17) is 0 Å². The van der Waals surface area contributed by atoms with Crippen LogP contribution in [0.25, 0.3) is 0 Å². The van der Waals surface area contributed by atoms with Crippen molar-refractivity contribution >= 4 is 11.9 Å². The Morgan fingerprint density at radius 2 is 2.05 bits per heavy atom. The maximum Gasteiger partial charge on any atom is 0.243 e. The fourth-order valence-corrected chi connectivity index (χ4v) is 2.76. The van der Waals surface area contributed by atoms with E-state index >= 15 is 0 Å². The molecule has 0 aromatic carbocycles. The van der Waals surface area contributed by atoms with E-state index in [0.717, 1.165) is 26.2 Å². The zero-order valence-corrected chi connectivity index (χ0v) is 13.7. The van der Waals surface area contributed by atoms with Crippen LogP contribution < -0.4 is 10.6 Å². The highest BCUT2D eigenvalue weighted by molar-refractivity contribution is 5.84. The number of hydrogen-bond donors (Lipinski definition) is 2. The molecule has 1 atom stereocenters. The van der Waals surface area contributed by atoms with Gasteiger partial charge in [-0.15, -0.1) is 6.58 Å². The van der Waals surface area contributed by atoms with Crippen LogP contribution in [0.1, 0.15) is 0 Å². The molecule has 0 aromatic rings. The highest BCUT2D eigenvalue weighted by Gasteiger charge is 2.31. The van der Waals surface area contributed by atoms with Gasteiger partial charge in [0, 0.05) is 66.0 Å². The van der Waals surface area contributed by atoms with Gasteiger partial charge in [0.25, 0.3) is 0 Å². The van der Waals surface area contributed by atoms with Crippen LogP contribution in [-0.4, -0.2) is 99.1 Å². The zero-order chi connectivity index (χ0) is 15.9. The molecule has 124 valence electrons. The van der Waals surface area contributed by atoms with Gasteiger partial charge in [0.1, 0.15) is 6.54 Å². The summed E-state index contributed by atoms with van der Waals surface area (Å²) in [5, 5.41) is 6.52. The van der Waals surface area contributed by atoms with Crippen LogP contribution in [-0.2, 0) is 4.79 Å². The van der Waals surface area contributed by atoms with Crippen molar-refractivity contribution < 1.29 is 4.79 Å². The van der Waals surface area contributed by atoms with Gasteiger partial charge in [0.2, 0.25) is 5.91 Å². The van der Waals surface area contributed by atoms with Crippen LogP contribution in [0.15, 0.2) is 17.6 Å². The average Bonchev–Trinajstić information content (AvgIpc) is 2.54. The van der Waals surface area contributed by atoms with Gasteiger partial charge in [-0.05, 0) is 0 Å². The fraction of sp³-hybridized carbons (Fsp3) is 0.733. The second-order valence-electron chi connectivity index (χ2n) is 5.99. The molecule has 2 N–H and O–H groups in total. The van der Waals surface area contributed by atoms with Crippen molar-refractivity contribution in [2.24, 2.45) is 4.99 Å². The highest BCUT2D eigenvalue weighted by Crippen LogP contribution is 2.14. The van der Waals surface area contributed by atoms with Gasteiger partial charge >= 0.3 is 0 Å². The van der Waals surface area contributed by atoms with Crippen LogP contribution in [0.5, 0.6) is 0 Å². The van der Waals surface area contributed by atoms with Crippen LogP contribution in [0.3, 0.4) is 0 Å². The van der Waals surface area contributed by atoms with E-state index in [1.165, 1.54) is 13.1 Å². The third-order valence-electron chi connectivity index (χ3n) is 4.18. The molecule has 0 aromatic heterocycles. The maximum absolute atomic E-state index is 11.7. The van der Waals surface area contributed by atoms with E-state index in [9.17, 15) is 4.79 Å². The molecule has 22 heavy (non-hydrogen) atoms. The van der Waals surface area contributed by atoms with Gasteiger partial charge in [0.15, 0.2) is 5.96 Å². The highest BCUT2D eigenvalue weighted by atomic mass is 16.2. The first-order valence-electron chi connectivity index (χ1n) is 7.89. The Kier molecular flexibility index (Phi) is 6.21. The van der Waals surface area contributed by atoms with Crippen molar-refractivity contribution in [3.63, 3.8) is 0 Å². The normalized spacial score (nSPS) is 27.4. The predicted molar refractivity (Wildman–Crippen MR) is 89.0 cm³/mol. The van der Waals surface area contributed by atoms with Crippen LogP contribution in [0, 0.1) is 0 Å². The summed E-state index contributed by atoms with van der Waals surface area (Å²) in [5.74, 6) is 0.666. The van der Waals surface area contributed by atoms with Gasteiger partial charge in [-0.1, -0.05) is 6.08 Å². The summed E-state index contributed by atoms with van der Waals surface area (Å²) >= 11 is 0. The van der Waals surface area contributed by atoms with E-state index in [0.29, 0.717) is 18.5 Å². The summed E-state index contributed by atoms with van der Waals surface area (Å²) < 4.78 is 0. The number of hydrogen-bond acceptors (Lipinski definition) is 4. The Morgan fingerprint density at radius 3 is 2.59 bits per heavy atom. The number of nitrogens with zero attached hydrogens (tertiary/aromatic N) is 4. The molecule has 0 aliphatic carbocycles. The Bertz CT molecular complexity index is 414. The Balaban J connectivity index is 1.84. The number of amides is 1. The fourth-order valence-electron chi connectivity index (χ4n) is 2.76. The number of aliphatic imine (C=N–C) groups is 1. The molecular formula is C15H28N6O. The first kappa shape index (κ1) is 16.8. The molecule has 0 spiro atoms. The second kappa shape index (κ2) is 8.14. The van der Waals surface area contributed by atoms with Crippen molar-refractivity contribution in [2.45, 2.75) is 6.04 Å². The lowest BCUT2D eigenvalue weighted by molar-refractivity contribution is -0.127. The molecule has 3 rings (SSSR count). The summed E-state index contributed by atoms with van der Waals surface area (Å²) in [6, 6.07) is 0.516. The molecule has 0 radical (unpaired) electrons. The van der Waals surface area contributed by atoms with Crippen molar-refractivity contribution in [1.82, 2.24) is 25.3 Å².